The van der Waals surface area contributed by atoms with Gasteiger partial charge in [0.1, 0.15) is 5.82 Å². The van der Waals surface area contributed by atoms with Gasteiger partial charge in [-0.15, -0.1) is 12.6 Å². The highest BCUT2D eigenvalue weighted by molar-refractivity contribution is 7.80. The number of benzene rings is 1. The molecule has 1 rings (SSSR count). The molecule has 1 aromatic rings. The topological polar surface area (TPSA) is 37.3 Å². The van der Waals surface area contributed by atoms with E-state index in [0.717, 1.165) is 0 Å². The van der Waals surface area contributed by atoms with E-state index in [1.54, 1.807) is 6.92 Å². The SMILES string of the molecule is Cc1cc(F)c(CC(=O)O)cc1S. The monoisotopic (exact) mass is 200 g/mol. The fourth-order valence-electron chi connectivity index (χ4n) is 1.00. The molecule has 0 bridgehead atoms. The number of halogens is 1. The summed E-state index contributed by atoms with van der Waals surface area (Å²) in [5.41, 5.74) is 0.873. The molecule has 0 aromatic heterocycles. The molecule has 0 saturated heterocycles. The van der Waals surface area contributed by atoms with Crippen LogP contribution in [-0.2, 0) is 11.2 Å². The van der Waals surface area contributed by atoms with E-state index in [-0.39, 0.29) is 12.0 Å². The van der Waals surface area contributed by atoms with Gasteiger partial charge in [-0.25, -0.2) is 4.39 Å². The normalized spacial score (nSPS) is 10.1. The van der Waals surface area contributed by atoms with Gasteiger partial charge in [-0.05, 0) is 24.6 Å². The Balaban J connectivity index is 3.08. The number of thiol groups is 1. The number of rotatable bonds is 2. The molecule has 0 radical (unpaired) electrons. The molecule has 0 aliphatic rings. The van der Waals surface area contributed by atoms with Crippen molar-refractivity contribution in [1.29, 1.82) is 0 Å². The minimum atomic E-state index is -1.05. The third kappa shape index (κ3) is 2.45. The minimum absolute atomic E-state index is 0.170. The Kier molecular flexibility index (Phi) is 2.93. The predicted octanol–water partition coefficient (Wildman–Crippen LogP) is 2.05. The molecule has 70 valence electrons. The Hall–Kier alpha value is -1.03. The van der Waals surface area contributed by atoms with Gasteiger partial charge in [0, 0.05) is 10.5 Å². The number of carbonyl (C=O) groups is 1. The van der Waals surface area contributed by atoms with E-state index < -0.39 is 11.8 Å². The van der Waals surface area contributed by atoms with E-state index in [4.69, 9.17) is 5.11 Å². The Morgan fingerprint density at radius 3 is 2.77 bits per heavy atom. The number of aryl methyl sites for hydroxylation is 1. The van der Waals surface area contributed by atoms with Gasteiger partial charge in [-0.1, -0.05) is 0 Å². The zero-order chi connectivity index (χ0) is 10.0. The molecule has 0 amide bonds. The first-order valence-electron chi connectivity index (χ1n) is 3.70. The third-order valence-electron chi connectivity index (χ3n) is 1.71. The molecule has 0 unspecified atom stereocenters. The molecule has 0 aliphatic heterocycles. The van der Waals surface area contributed by atoms with Crippen molar-refractivity contribution < 1.29 is 14.3 Å². The number of carboxylic acids is 1. The van der Waals surface area contributed by atoms with E-state index in [9.17, 15) is 9.18 Å². The second-order valence-corrected chi connectivity index (χ2v) is 3.28. The van der Waals surface area contributed by atoms with E-state index >= 15 is 0 Å². The number of aliphatic carboxylic acids is 1. The van der Waals surface area contributed by atoms with Crippen LogP contribution in [0.2, 0.25) is 0 Å². The average Bonchev–Trinajstić information content (AvgIpc) is 1.99. The molecule has 1 aromatic carbocycles. The van der Waals surface area contributed by atoms with Gasteiger partial charge >= 0.3 is 5.97 Å². The lowest BCUT2D eigenvalue weighted by Gasteiger charge is -2.03. The molecule has 13 heavy (non-hydrogen) atoms. The van der Waals surface area contributed by atoms with Crippen LogP contribution in [0.4, 0.5) is 4.39 Å². The molecular weight excluding hydrogens is 191 g/mol. The first-order valence-corrected chi connectivity index (χ1v) is 4.15. The fraction of sp³-hybridized carbons (Fsp3) is 0.222. The van der Waals surface area contributed by atoms with Crippen molar-refractivity contribution in [2.75, 3.05) is 0 Å². The fourth-order valence-corrected chi connectivity index (χ4v) is 1.22. The van der Waals surface area contributed by atoms with Crippen molar-refractivity contribution in [3.8, 4) is 0 Å². The largest absolute Gasteiger partial charge is 0.481 e. The highest BCUT2D eigenvalue weighted by Gasteiger charge is 2.08. The lowest BCUT2D eigenvalue weighted by atomic mass is 10.1. The number of hydrogen-bond donors (Lipinski definition) is 2. The molecular formula is C9H9FO2S. The molecule has 0 aliphatic carbocycles. The Morgan fingerprint density at radius 1 is 1.62 bits per heavy atom. The van der Waals surface area contributed by atoms with Crippen LogP contribution in [0.5, 0.6) is 0 Å². The van der Waals surface area contributed by atoms with Crippen molar-refractivity contribution in [2.45, 2.75) is 18.2 Å². The summed E-state index contributed by atoms with van der Waals surface area (Å²) in [6, 6.07) is 2.74. The summed E-state index contributed by atoms with van der Waals surface area (Å²) < 4.78 is 13.1. The molecule has 0 fully saturated rings. The van der Waals surface area contributed by atoms with Crippen LogP contribution in [0, 0.1) is 12.7 Å². The Labute approximate surface area is 80.8 Å². The van der Waals surface area contributed by atoms with E-state index in [2.05, 4.69) is 12.6 Å². The Bertz CT molecular complexity index is 350. The lowest BCUT2D eigenvalue weighted by molar-refractivity contribution is -0.136. The van der Waals surface area contributed by atoms with Gasteiger partial charge in [0.25, 0.3) is 0 Å². The van der Waals surface area contributed by atoms with Gasteiger partial charge in [-0.3, -0.25) is 4.79 Å². The zero-order valence-corrected chi connectivity index (χ0v) is 7.94. The molecule has 0 saturated carbocycles. The second-order valence-electron chi connectivity index (χ2n) is 2.80. The summed E-state index contributed by atoms with van der Waals surface area (Å²) in [5, 5.41) is 8.46. The first kappa shape index (κ1) is 10.1. The highest BCUT2D eigenvalue weighted by Crippen LogP contribution is 2.18. The zero-order valence-electron chi connectivity index (χ0n) is 7.04. The summed E-state index contributed by atoms with van der Waals surface area (Å²) in [7, 11) is 0. The summed E-state index contributed by atoms with van der Waals surface area (Å²) in [6.45, 7) is 1.72. The van der Waals surface area contributed by atoms with Crippen LogP contribution >= 0.6 is 12.6 Å². The van der Waals surface area contributed by atoms with E-state index in [1.807, 2.05) is 0 Å². The quantitative estimate of drug-likeness (QED) is 0.717. The van der Waals surface area contributed by atoms with Gasteiger partial charge in [0.05, 0.1) is 6.42 Å². The maximum absolute atomic E-state index is 13.1. The van der Waals surface area contributed by atoms with E-state index in [1.165, 1.54) is 12.1 Å². The maximum atomic E-state index is 13.1. The van der Waals surface area contributed by atoms with Gasteiger partial charge in [0.2, 0.25) is 0 Å². The summed E-state index contributed by atoms with van der Waals surface area (Å²) >= 11 is 4.08. The third-order valence-corrected chi connectivity index (χ3v) is 2.19. The molecule has 0 heterocycles. The smallest absolute Gasteiger partial charge is 0.307 e. The standard InChI is InChI=1S/C9H9FO2S/c1-5-2-7(10)6(3-8(5)13)4-9(11)12/h2-3,13H,4H2,1H3,(H,11,12). The van der Waals surface area contributed by atoms with Crippen LogP contribution in [0.3, 0.4) is 0 Å². The molecule has 1 N–H and O–H groups in total. The van der Waals surface area contributed by atoms with Crippen LogP contribution in [0.1, 0.15) is 11.1 Å². The van der Waals surface area contributed by atoms with Gasteiger partial charge in [0.15, 0.2) is 0 Å². The lowest BCUT2D eigenvalue weighted by Crippen LogP contribution is -2.03. The summed E-state index contributed by atoms with van der Waals surface area (Å²) in [4.78, 5) is 10.9. The van der Waals surface area contributed by atoms with Crippen LogP contribution in [-0.4, -0.2) is 11.1 Å². The Morgan fingerprint density at radius 2 is 2.23 bits per heavy atom. The number of hydrogen-bond acceptors (Lipinski definition) is 2. The van der Waals surface area contributed by atoms with Gasteiger partial charge in [-0.2, -0.15) is 0 Å². The first-order chi connectivity index (χ1) is 6.00. The summed E-state index contributed by atoms with van der Waals surface area (Å²) in [6.07, 6.45) is -0.306. The molecule has 4 heteroatoms. The van der Waals surface area contributed by atoms with Crippen molar-refractivity contribution in [3.05, 3.63) is 29.1 Å². The highest BCUT2D eigenvalue weighted by atomic mass is 32.1. The molecule has 0 atom stereocenters. The van der Waals surface area contributed by atoms with Crippen molar-refractivity contribution in [1.82, 2.24) is 0 Å². The van der Waals surface area contributed by atoms with Crippen molar-refractivity contribution in [3.63, 3.8) is 0 Å². The molecule has 0 spiro atoms. The predicted molar refractivity (Wildman–Crippen MR) is 49.7 cm³/mol. The minimum Gasteiger partial charge on any atom is -0.481 e. The van der Waals surface area contributed by atoms with Crippen molar-refractivity contribution >= 4 is 18.6 Å². The van der Waals surface area contributed by atoms with Crippen molar-refractivity contribution in [2.24, 2.45) is 0 Å². The van der Waals surface area contributed by atoms with Crippen LogP contribution < -0.4 is 0 Å². The van der Waals surface area contributed by atoms with Crippen LogP contribution in [0.25, 0.3) is 0 Å². The number of carboxylic acid groups (broad SMARTS) is 1. The molecule has 2 nitrogen and oxygen atoms in total. The second kappa shape index (κ2) is 3.79. The summed E-state index contributed by atoms with van der Waals surface area (Å²) in [5.74, 6) is -1.53. The van der Waals surface area contributed by atoms with Crippen LogP contribution in [0.15, 0.2) is 17.0 Å². The van der Waals surface area contributed by atoms with Gasteiger partial charge < -0.3 is 5.11 Å². The maximum Gasteiger partial charge on any atom is 0.307 e. The van der Waals surface area contributed by atoms with E-state index in [0.29, 0.717) is 10.5 Å². The average molecular weight is 200 g/mol.